The van der Waals surface area contributed by atoms with Crippen molar-refractivity contribution in [2.75, 3.05) is 18.1 Å². The van der Waals surface area contributed by atoms with Crippen LogP contribution in [0.1, 0.15) is 40.5 Å². The summed E-state index contributed by atoms with van der Waals surface area (Å²) in [6.07, 6.45) is 1.12. The van der Waals surface area contributed by atoms with Gasteiger partial charge in [-0.25, -0.2) is 0 Å². The first-order chi connectivity index (χ1) is 9.34. The highest BCUT2D eigenvalue weighted by atomic mass is 32.2. The maximum Gasteiger partial charge on any atom is 0.233 e. The molecule has 1 heterocycles. The molecule has 1 aliphatic heterocycles. The van der Waals surface area contributed by atoms with Crippen LogP contribution in [0.2, 0.25) is 0 Å². The molecule has 20 heavy (non-hydrogen) atoms. The molecular weight excluding hydrogens is 274 g/mol. The van der Waals surface area contributed by atoms with Gasteiger partial charge in [0.05, 0.1) is 5.75 Å². The van der Waals surface area contributed by atoms with Gasteiger partial charge in [0.25, 0.3) is 0 Å². The van der Waals surface area contributed by atoms with Gasteiger partial charge in [-0.3, -0.25) is 19.3 Å². The third-order valence-electron chi connectivity index (χ3n) is 3.64. The fourth-order valence-electron chi connectivity index (χ4n) is 2.13. The minimum Gasteiger partial charge on any atom is -0.298 e. The molecule has 0 aromatic rings. The molecule has 0 aliphatic carbocycles. The summed E-state index contributed by atoms with van der Waals surface area (Å²) < 4.78 is 0. The second-order valence-corrected chi connectivity index (χ2v) is 7.07. The molecule has 1 saturated heterocycles. The molecule has 0 aromatic heterocycles. The van der Waals surface area contributed by atoms with Crippen LogP contribution >= 0.6 is 11.8 Å². The maximum absolute atomic E-state index is 12.1. The van der Waals surface area contributed by atoms with Crippen LogP contribution in [0.5, 0.6) is 0 Å². The molecule has 1 aliphatic rings. The fraction of sp³-hybridized carbons (Fsp3) is 0.800. The van der Waals surface area contributed by atoms with Gasteiger partial charge in [-0.2, -0.15) is 11.8 Å². The summed E-state index contributed by atoms with van der Waals surface area (Å²) in [6.45, 7) is 8.25. The van der Waals surface area contributed by atoms with E-state index in [1.807, 2.05) is 27.7 Å². The van der Waals surface area contributed by atoms with Crippen LogP contribution in [0.4, 0.5) is 0 Å². The quantitative estimate of drug-likeness (QED) is 0.510. The molecule has 1 atom stereocenters. The summed E-state index contributed by atoms with van der Waals surface area (Å²) in [6, 6.07) is 0. The first-order valence-corrected chi connectivity index (χ1v) is 8.44. The van der Waals surface area contributed by atoms with Gasteiger partial charge in [0, 0.05) is 24.8 Å². The number of Topliss-reactive ketones (excluding diaryl/α,β-unsaturated/α-hetero) is 1. The number of amides is 2. The van der Waals surface area contributed by atoms with Crippen LogP contribution < -0.4 is 0 Å². The van der Waals surface area contributed by atoms with Crippen molar-refractivity contribution < 1.29 is 14.4 Å². The number of likely N-dealkylation sites (tertiary alicyclic amines) is 1. The van der Waals surface area contributed by atoms with Gasteiger partial charge in [-0.05, 0) is 18.1 Å². The first-order valence-electron chi connectivity index (χ1n) is 7.29. The average Bonchev–Trinajstić information content (AvgIpc) is 2.65. The van der Waals surface area contributed by atoms with Crippen molar-refractivity contribution >= 4 is 29.4 Å². The van der Waals surface area contributed by atoms with Gasteiger partial charge >= 0.3 is 0 Å². The van der Waals surface area contributed by atoms with Crippen molar-refractivity contribution in [2.24, 2.45) is 17.8 Å². The van der Waals surface area contributed by atoms with E-state index in [-0.39, 0.29) is 35.4 Å². The highest BCUT2D eigenvalue weighted by molar-refractivity contribution is 7.99. The number of ketones is 1. The molecular formula is C15H25NO3S. The van der Waals surface area contributed by atoms with E-state index in [0.29, 0.717) is 18.7 Å². The van der Waals surface area contributed by atoms with E-state index in [1.54, 1.807) is 11.8 Å². The smallest absolute Gasteiger partial charge is 0.233 e. The summed E-state index contributed by atoms with van der Waals surface area (Å²) in [7, 11) is 0. The van der Waals surface area contributed by atoms with Crippen molar-refractivity contribution in [1.29, 1.82) is 0 Å². The van der Waals surface area contributed by atoms with E-state index < -0.39 is 0 Å². The van der Waals surface area contributed by atoms with Crippen molar-refractivity contribution in [2.45, 2.75) is 40.5 Å². The zero-order valence-electron chi connectivity index (χ0n) is 12.8. The lowest BCUT2D eigenvalue weighted by Gasteiger charge is -2.16. The van der Waals surface area contributed by atoms with E-state index in [9.17, 15) is 14.4 Å². The van der Waals surface area contributed by atoms with Crippen LogP contribution in [0, 0.1) is 17.8 Å². The Kier molecular flexibility index (Phi) is 6.72. The summed E-state index contributed by atoms with van der Waals surface area (Å²) in [5.41, 5.74) is 0. The lowest BCUT2D eigenvalue weighted by molar-refractivity contribution is -0.139. The third-order valence-corrected chi connectivity index (χ3v) is 4.71. The zero-order chi connectivity index (χ0) is 15.3. The predicted octanol–water partition coefficient (Wildman–Crippen LogP) is 2.37. The maximum atomic E-state index is 12.1. The first kappa shape index (κ1) is 17.2. The minimum absolute atomic E-state index is 0.0201. The highest BCUT2D eigenvalue weighted by Crippen LogP contribution is 2.26. The largest absolute Gasteiger partial charge is 0.298 e. The number of thioether (sulfide) groups is 1. The Morgan fingerprint density at radius 3 is 2.45 bits per heavy atom. The van der Waals surface area contributed by atoms with Crippen molar-refractivity contribution in [3.05, 3.63) is 0 Å². The van der Waals surface area contributed by atoms with E-state index in [1.165, 1.54) is 4.90 Å². The number of nitrogens with zero attached hydrogens (tertiary/aromatic N) is 1. The minimum atomic E-state index is -0.141. The van der Waals surface area contributed by atoms with E-state index in [4.69, 9.17) is 0 Å². The molecule has 1 unspecified atom stereocenters. The normalized spacial score (nSPS) is 19.5. The molecule has 1 rings (SSSR count). The van der Waals surface area contributed by atoms with Crippen LogP contribution in [0.25, 0.3) is 0 Å². The van der Waals surface area contributed by atoms with Crippen molar-refractivity contribution in [1.82, 2.24) is 4.90 Å². The van der Waals surface area contributed by atoms with E-state index in [0.717, 1.165) is 12.2 Å². The van der Waals surface area contributed by atoms with Gasteiger partial charge < -0.3 is 0 Å². The third kappa shape index (κ3) is 4.62. The van der Waals surface area contributed by atoms with Gasteiger partial charge in [0.15, 0.2) is 0 Å². The number of rotatable bonds is 8. The Balaban J connectivity index is 2.27. The number of hydrogen-bond acceptors (Lipinski definition) is 4. The summed E-state index contributed by atoms with van der Waals surface area (Å²) in [5.74, 6) is 1.67. The SMILES string of the molecule is CC(C)C(=O)CSCCCN1C(=O)CC(C(C)C)C1=O. The van der Waals surface area contributed by atoms with Crippen LogP contribution in [-0.4, -0.2) is 40.5 Å². The Morgan fingerprint density at radius 1 is 1.30 bits per heavy atom. The summed E-state index contributed by atoms with van der Waals surface area (Å²) >= 11 is 1.58. The van der Waals surface area contributed by atoms with E-state index >= 15 is 0 Å². The Bertz CT molecular complexity index is 379. The number of hydrogen-bond donors (Lipinski definition) is 0. The molecule has 1 fully saturated rings. The second kappa shape index (κ2) is 7.81. The Morgan fingerprint density at radius 2 is 1.95 bits per heavy atom. The van der Waals surface area contributed by atoms with E-state index in [2.05, 4.69) is 0 Å². The highest BCUT2D eigenvalue weighted by Gasteiger charge is 2.39. The number of carbonyl (C=O) groups is 3. The Hall–Kier alpha value is -0.840. The molecule has 0 aromatic carbocycles. The fourth-order valence-corrected chi connectivity index (χ4v) is 3.14. The molecule has 0 bridgehead atoms. The number of imide groups is 1. The molecule has 0 N–H and O–H groups in total. The standard InChI is InChI=1S/C15H25NO3S/c1-10(2)12-8-14(18)16(15(12)19)6-5-7-20-9-13(17)11(3)4/h10-12H,5-9H2,1-4H3. The molecule has 114 valence electrons. The van der Waals surface area contributed by atoms with Crippen LogP contribution in [0.3, 0.4) is 0 Å². The average molecular weight is 299 g/mol. The van der Waals surface area contributed by atoms with Gasteiger partial charge in [-0.15, -0.1) is 0 Å². The molecule has 0 spiro atoms. The topological polar surface area (TPSA) is 54.5 Å². The van der Waals surface area contributed by atoms with Crippen LogP contribution in [-0.2, 0) is 14.4 Å². The molecule has 0 saturated carbocycles. The molecule has 4 nitrogen and oxygen atoms in total. The van der Waals surface area contributed by atoms with Crippen molar-refractivity contribution in [3.8, 4) is 0 Å². The predicted molar refractivity (Wildman–Crippen MR) is 81.5 cm³/mol. The lowest BCUT2D eigenvalue weighted by Crippen LogP contribution is -2.32. The zero-order valence-corrected chi connectivity index (χ0v) is 13.7. The Labute approximate surface area is 125 Å². The lowest BCUT2D eigenvalue weighted by atomic mass is 9.94. The van der Waals surface area contributed by atoms with Crippen LogP contribution in [0.15, 0.2) is 0 Å². The molecule has 2 amide bonds. The van der Waals surface area contributed by atoms with Gasteiger partial charge in [0.2, 0.25) is 11.8 Å². The number of carbonyl (C=O) groups excluding carboxylic acids is 3. The van der Waals surface area contributed by atoms with Crippen molar-refractivity contribution in [3.63, 3.8) is 0 Å². The van der Waals surface area contributed by atoms with Gasteiger partial charge in [-0.1, -0.05) is 27.7 Å². The summed E-state index contributed by atoms with van der Waals surface area (Å²) in [5, 5.41) is 0. The van der Waals surface area contributed by atoms with Gasteiger partial charge in [0.1, 0.15) is 5.78 Å². The summed E-state index contributed by atoms with van der Waals surface area (Å²) in [4.78, 5) is 36.7. The molecule has 0 radical (unpaired) electrons. The molecule has 5 heteroatoms. The monoisotopic (exact) mass is 299 g/mol. The second-order valence-electron chi connectivity index (χ2n) is 5.97.